The number of aromatic nitrogens is 1. The molecule has 0 spiro atoms. The second kappa shape index (κ2) is 6.92. The van der Waals surface area contributed by atoms with Crippen LogP contribution in [0.15, 0.2) is 29.6 Å². The molecule has 0 fully saturated rings. The van der Waals surface area contributed by atoms with E-state index in [0.29, 0.717) is 24.1 Å². The Kier molecular flexibility index (Phi) is 4.71. The van der Waals surface area contributed by atoms with E-state index in [-0.39, 0.29) is 30.7 Å². The molecular weight excluding hydrogens is 326 g/mol. The van der Waals surface area contributed by atoms with E-state index in [1.807, 2.05) is 12.3 Å². The highest BCUT2D eigenvalue weighted by molar-refractivity contribution is 7.09. The van der Waals surface area contributed by atoms with Crippen LogP contribution in [0.4, 0.5) is 0 Å². The highest BCUT2D eigenvalue weighted by Gasteiger charge is 2.34. The van der Waals surface area contributed by atoms with Crippen molar-refractivity contribution in [2.75, 3.05) is 6.54 Å². The summed E-state index contributed by atoms with van der Waals surface area (Å²) in [4.78, 5) is 41.7. The molecule has 0 saturated carbocycles. The maximum atomic E-state index is 12.2. The van der Waals surface area contributed by atoms with Crippen LogP contribution < -0.4 is 5.32 Å². The molecule has 3 rings (SSSR count). The van der Waals surface area contributed by atoms with Crippen molar-refractivity contribution in [1.82, 2.24) is 15.2 Å². The summed E-state index contributed by atoms with van der Waals surface area (Å²) >= 11 is 1.54. The van der Waals surface area contributed by atoms with Gasteiger partial charge in [-0.3, -0.25) is 19.3 Å². The van der Waals surface area contributed by atoms with E-state index < -0.39 is 0 Å². The molecule has 0 bridgehead atoms. The second-order valence-corrected chi connectivity index (χ2v) is 6.61. The zero-order chi connectivity index (χ0) is 17.1. The Morgan fingerprint density at radius 3 is 2.46 bits per heavy atom. The number of nitrogens with zero attached hydrogens (tertiary/aromatic N) is 2. The lowest BCUT2D eigenvalue weighted by molar-refractivity contribution is -0.121. The SMILES string of the molecule is Cc1nc(CNC(=O)CCCN2C(=O)c3ccccc3C2=O)cs1. The summed E-state index contributed by atoms with van der Waals surface area (Å²) in [6.45, 7) is 2.56. The van der Waals surface area contributed by atoms with E-state index in [1.165, 1.54) is 4.90 Å². The number of carbonyl (C=O) groups excluding carboxylic acids is 3. The van der Waals surface area contributed by atoms with Gasteiger partial charge in [-0.25, -0.2) is 4.98 Å². The molecule has 1 aliphatic rings. The first-order valence-electron chi connectivity index (χ1n) is 7.69. The van der Waals surface area contributed by atoms with Gasteiger partial charge in [0, 0.05) is 18.3 Å². The van der Waals surface area contributed by atoms with E-state index in [0.717, 1.165) is 10.7 Å². The quantitative estimate of drug-likeness (QED) is 0.815. The number of rotatable bonds is 6. The number of benzene rings is 1. The van der Waals surface area contributed by atoms with Crippen molar-refractivity contribution < 1.29 is 14.4 Å². The van der Waals surface area contributed by atoms with Gasteiger partial charge in [0.1, 0.15) is 0 Å². The van der Waals surface area contributed by atoms with E-state index in [9.17, 15) is 14.4 Å². The summed E-state index contributed by atoms with van der Waals surface area (Å²) in [5.74, 6) is -0.680. The van der Waals surface area contributed by atoms with Crippen LogP contribution in [0.25, 0.3) is 0 Å². The molecule has 124 valence electrons. The zero-order valence-corrected chi connectivity index (χ0v) is 14.1. The van der Waals surface area contributed by atoms with Gasteiger partial charge in [-0.1, -0.05) is 12.1 Å². The van der Waals surface area contributed by atoms with Crippen LogP contribution in [0.2, 0.25) is 0 Å². The summed E-state index contributed by atoms with van der Waals surface area (Å²) in [6, 6.07) is 6.78. The number of hydrogen-bond donors (Lipinski definition) is 1. The highest BCUT2D eigenvalue weighted by Crippen LogP contribution is 2.22. The van der Waals surface area contributed by atoms with Gasteiger partial charge >= 0.3 is 0 Å². The van der Waals surface area contributed by atoms with Gasteiger partial charge in [-0.2, -0.15) is 0 Å². The average Bonchev–Trinajstić information content (AvgIpc) is 3.10. The van der Waals surface area contributed by atoms with Crippen LogP contribution >= 0.6 is 11.3 Å². The number of imide groups is 1. The van der Waals surface area contributed by atoms with E-state index in [1.54, 1.807) is 35.6 Å². The summed E-state index contributed by atoms with van der Waals surface area (Å²) in [7, 11) is 0. The molecule has 0 radical (unpaired) electrons. The van der Waals surface area contributed by atoms with Crippen molar-refractivity contribution in [3.63, 3.8) is 0 Å². The molecule has 2 heterocycles. The molecular formula is C17H17N3O3S. The smallest absolute Gasteiger partial charge is 0.261 e. The predicted octanol–water partition coefficient (Wildman–Crippen LogP) is 2.14. The molecule has 0 saturated heterocycles. The monoisotopic (exact) mass is 343 g/mol. The number of aryl methyl sites for hydroxylation is 1. The first-order valence-corrected chi connectivity index (χ1v) is 8.57. The van der Waals surface area contributed by atoms with E-state index in [2.05, 4.69) is 10.3 Å². The van der Waals surface area contributed by atoms with Crippen LogP contribution in [0.3, 0.4) is 0 Å². The summed E-state index contributed by atoms with van der Waals surface area (Å²) < 4.78 is 0. The fourth-order valence-corrected chi connectivity index (χ4v) is 3.22. The molecule has 1 aromatic heterocycles. The Bertz CT molecular complexity index is 765. The van der Waals surface area contributed by atoms with Crippen LogP contribution in [-0.4, -0.2) is 34.2 Å². The fourth-order valence-electron chi connectivity index (χ4n) is 2.61. The zero-order valence-electron chi connectivity index (χ0n) is 13.2. The molecule has 24 heavy (non-hydrogen) atoms. The summed E-state index contributed by atoms with van der Waals surface area (Å²) in [5, 5.41) is 5.67. The summed E-state index contributed by atoms with van der Waals surface area (Å²) in [6.07, 6.45) is 0.698. The molecule has 6 nitrogen and oxygen atoms in total. The largest absolute Gasteiger partial charge is 0.350 e. The maximum Gasteiger partial charge on any atom is 0.261 e. The van der Waals surface area contributed by atoms with Crippen molar-refractivity contribution in [3.8, 4) is 0 Å². The molecule has 0 unspecified atom stereocenters. The number of fused-ring (bicyclic) bond motifs is 1. The second-order valence-electron chi connectivity index (χ2n) is 5.55. The topological polar surface area (TPSA) is 79.4 Å². The normalized spacial score (nSPS) is 13.3. The molecule has 1 aliphatic heterocycles. The molecule has 3 amide bonds. The first kappa shape index (κ1) is 16.3. The number of amides is 3. The lowest BCUT2D eigenvalue weighted by atomic mass is 10.1. The van der Waals surface area contributed by atoms with Crippen LogP contribution in [0, 0.1) is 6.92 Å². The highest BCUT2D eigenvalue weighted by atomic mass is 32.1. The van der Waals surface area contributed by atoms with Crippen LogP contribution in [0.1, 0.15) is 44.3 Å². The van der Waals surface area contributed by atoms with Crippen molar-refractivity contribution in [3.05, 3.63) is 51.5 Å². The Morgan fingerprint density at radius 1 is 1.21 bits per heavy atom. The van der Waals surface area contributed by atoms with Gasteiger partial charge in [0.15, 0.2) is 0 Å². The number of hydrogen-bond acceptors (Lipinski definition) is 5. The number of nitrogens with one attached hydrogen (secondary N) is 1. The minimum Gasteiger partial charge on any atom is -0.350 e. The first-order chi connectivity index (χ1) is 11.6. The van der Waals surface area contributed by atoms with Crippen LogP contribution in [0.5, 0.6) is 0 Å². The van der Waals surface area contributed by atoms with Gasteiger partial charge in [-0.15, -0.1) is 11.3 Å². The standard InChI is InChI=1S/C17H17N3O3S/c1-11-19-12(10-24-11)9-18-15(21)7-4-8-20-16(22)13-5-2-3-6-14(13)17(20)23/h2-3,5-6,10H,4,7-9H2,1H3,(H,18,21). The van der Waals surface area contributed by atoms with E-state index >= 15 is 0 Å². The third-order valence-electron chi connectivity index (χ3n) is 3.80. The van der Waals surface area contributed by atoms with Crippen molar-refractivity contribution in [2.45, 2.75) is 26.3 Å². The summed E-state index contributed by atoms with van der Waals surface area (Å²) in [5.41, 5.74) is 1.71. The minimum absolute atomic E-state index is 0.114. The van der Waals surface area contributed by atoms with Crippen molar-refractivity contribution in [1.29, 1.82) is 0 Å². The van der Waals surface area contributed by atoms with Gasteiger partial charge in [0.25, 0.3) is 11.8 Å². The predicted molar refractivity (Wildman–Crippen MR) is 89.7 cm³/mol. The molecule has 2 aromatic rings. The number of thiazole rings is 1. The lowest BCUT2D eigenvalue weighted by Crippen LogP contribution is -2.32. The van der Waals surface area contributed by atoms with E-state index in [4.69, 9.17) is 0 Å². The van der Waals surface area contributed by atoms with Gasteiger partial charge < -0.3 is 5.32 Å². The third kappa shape index (κ3) is 3.35. The molecule has 0 atom stereocenters. The Morgan fingerprint density at radius 2 is 1.88 bits per heavy atom. The Balaban J connectivity index is 1.46. The van der Waals surface area contributed by atoms with Gasteiger partial charge in [0.2, 0.25) is 5.91 Å². The minimum atomic E-state index is -0.283. The Labute approximate surface area is 143 Å². The molecule has 0 aliphatic carbocycles. The van der Waals surface area contributed by atoms with Crippen molar-refractivity contribution in [2.24, 2.45) is 0 Å². The average molecular weight is 343 g/mol. The molecule has 1 N–H and O–H groups in total. The third-order valence-corrected chi connectivity index (χ3v) is 4.62. The molecule has 1 aromatic carbocycles. The number of carbonyl (C=O) groups is 3. The van der Waals surface area contributed by atoms with Gasteiger partial charge in [0.05, 0.1) is 28.4 Å². The maximum absolute atomic E-state index is 12.2. The fraction of sp³-hybridized carbons (Fsp3) is 0.294. The van der Waals surface area contributed by atoms with Crippen molar-refractivity contribution >= 4 is 29.1 Å². The molecule has 7 heteroatoms. The lowest BCUT2D eigenvalue weighted by Gasteiger charge is -2.13. The van der Waals surface area contributed by atoms with Crippen LogP contribution in [-0.2, 0) is 11.3 Å². The van der Waals surface area contributed by atoms with Gasteiger partial charge in [-0.05, 0) is 25.5 Å². The Hall–Kier alpha value is -2.54.